The molecule has 3 heteroatoms. The molecule has 2 nitrogen and oxygen atoms in total. The van der Waals surface area contributed by atoms with Crippen molar-refractivity contribution in [2.75, 3.05) is 6.54 Å². The molecule has 0 amide bonds. The van der Waals surface area contributed by atoms with E-state index < -0.39 is 0 Å². The van der Waals surface area contributed by atoms with Crippen LogP contribution in [-0.4, -0.2) is 17.5 Å². The van der Waals surface area contributed by atoms with Gasteiger partial charge >= 0.3 is 0 Å². The van der Waals surface area contributed by atoms with E-state index >= 15 is 0 Å². The number of hydrogen-bond donors (Lipinski definition) is 1. The minimum Gasteiger partial charge on any atom is -0.329 e. The number of benzene rings is 1. The van der Waals surface area contributed by atoms with Crippen LogP contribution in [0.3, 0.4) is 0 Å². The molecule has 16 heavy (non-hydrogen) atoms. The van der Waals surface area contributed by atoms with Gasteiger partial charge in [-0.25, -0.2) is 4.39 Å². The van der Waals surface area contributed by atoms with E-state index in [2.05, 4.69) is 18.7 Å². The van der Waals surface area contributed by atoms with Crippen LogP contribution in [0.4, 0.5) is 4.39 Å². The number of hydrogen-bond acceptors (Lipinski definition) is 2. The quantitative estimate of drug-likeness (QED) is 0.851. The molecule has 0 saturated carbocycles. The summed E-state index contributed by atoms with van der Waals surface area (Å²) in [5.41, 5.74) is 8.11. The maximum atomic E-state index is 13.2. The Bertz CT molecular complexity index is 378. The Balaban J connectivity index is 2.32. The van der Waals surface area contributed by atoms with Crippen LogP contribution in [0.1, 0.15) is 37.4 Å². The molecule has 1 aliphatic heterocycles. The summed E-state index contributed by atoms with van der Waals surface area (Å²) in [7, 11) is 0. The number of nitrogens with two attached hydrogens (primary N) is 1. The Labute approximate surface area is 96.2 Å². The van der Waals surface area contributed by atoms with Gasteiger partial charge in [-0.2, -0.15) is 0 Å². The zero-order valence-electron chi connectivity index (χ0n) is 9.91. The third-order valence-corrected chi connectivity index (χ3v) is 3.60. The summed E-state index contributed by atoms with van der Waals surface area (Å²) in [4.78, 5) is 2.37. The second-order valence-electron chi connectivity index (χ2n) is 4.52. The third kappa shape index (κ3) is 1.85. The molecule has 1 aromatic carbocycles. The molecule has 2 unspecified atom stereocenters. The van der Waals surface area contributed by atoms with Gasteiger partial charge in [0.25, 0.3) is 0 Å². The van der Waals surface area contributed by atoms with Crippen LogP contribution in [0.25, 0.3) is 0 Å². The molecule has 88 valence electrons. The van der Waals surface area contributed by atoms with Crippen molar-refractivity contribution in [3.8, 4) is 0 Å². The van der Waals surface area contributed by atoms with Crippen molar-refractivity contribution in [2.45, 2.75) is 38.9 Å². The lowest BCUT2D eigenvalue weighted by Gasteiger charge is -2.29. The highest BCUT2D eigenvalue weighted by Crippen LogP contribution is 2.35. The average molecular weight is 222 g/mol. The minimum absolute atomic E-state index is 0.164. The summed E-state index contributed by atoms with van der Waals surface area (Å²) < 4.78 is 13.2. The lowest BCUT2D eigenvalue weighted by atomic mass is 10.0. The van der Waals surface area contributed by atoms with E-state index in [0.29, 0.717) is 12.6 Å². The van der Waals surface area contributed by atoms with Crippen molar-refractivity contribution in [3.05, 3.63) is 35.1 Å². The van der Waals surface area contributed by atoms with E-state index in [1.54, 1.807) is 6.07 Å². The Hall–Kier alpha value is -0.930. The van der Waals surface area contributed by atoms with Crippen LogP contribution >= 0.6 is 0 Å². The summed E-state index contributed by atoms with van der Waals surface area (Å²) in [6, 6.07) is 5.72. The van der Waals surface area contributed by atoms with Crippen LogP contribution in [0.5, 0.6) is 0 Å². The monoisotopic (exact) mass is 222 g/mol. The molecular formula is C13H19FN2. The summed E-state index contributed by atoms with van der Waals surface area (Å²) in [5.74, 6) is -0.164. The molecular weight excluding hydrogens is 203 g/mol. The fourth-order valence-corrected chi connectivity index (χ4v) is 2.47. The summed E-state index contributed by atoms with van der Waals surface area (Å²) >= 11 is 0. The van der Waals surface area contributed by atoms with Crippen molar-refractivity contribution in [1.29, 1.82) is 0 Å². The maximum absolute atomic E-state index is 13.2. The number of rotatable bonds is 3. The summed E-state index contributed by atoms with van der Waals surface area (Å²) in [6.45, 7) is 5.82. The standard InChI is InChI=1S/C13H19FN2/c1-3-9(2)16-8-10-4-5-11(14)6-12(10)13(16)7-15/h4-6,9,13H,3,7-8,15H2,1-2H3. The first kappa shape index (κ1) is 11.6. The Kier molecular flexibility index (Phi) is 3.26. The van der Waals surface area contributed by atoms with Crippen molar-refractivity contribution in [1.82, 2.24) is 4.90 Å². The third-order valence-electron chi connectivity index (χ3n) is 3.60. The fourth-order valence-electron chi connectivity index (χ4n) is 2.47. The van der Waals surface area contributed by atoms with Gasteiger partial charge in [-0.3, -0.25) is 4.90 Å². The molecule has 2 N–H and O–H groups in total. The predicted molar refractivity (Wildman–Crippen MR) is 63.5 cm³/mol. The molecule has 2 atom stereocenters. The molecule has 1 aliphatic rings. The van der Waals surface area contributed by atoms with Crippen molar-refractivity contribution < 1.29 is 4.39 Å². The van der Waals surface area contributed by atoms with Crippen molar-refractivity contribution in [3.63, 3.8) is 0 Å². The fraction of sp³-hybridized carbons (Fsp3) is 0.538. The van der Waals surface area contributed by atoms with Crippen LogP contribution in [0.2, 0.25) is 0 Å². The lowest BCUT2D eigenvalue weighted by molar-refractivity contribution is 0.157. The smallest absolute Gasteiger partial charge is 0.123 e. The van der Waals surface area contributed by atoms with E-state index in [9.17, 15) is 4.39 Å². The highest BCUT2D eigenvalue weighted by molar-refractivity contribution is 5.35. The van der Waals surface area contributed by atoms with Crippen LogP contribution in [0.15, 0.2) is 18.2 Å². The largest absolute Gasteiger partial charge is 0.329 e. The van der Waals surface area contributed by atoms with Gasteiger partial charge in [0.05, 0.1) is 0 Å². The molecule has 0 saturated heterocycles. The molecule has 1 aromatic rings. The summed E-state index contributed by atoms with van der Waals surface area (Å²) in [6.07, 6.45) is 1.09. The van der Waals surface area contributed by atoms with Gasteiger partial charge in [0.15, 0.2) is 0 Å². The lowest BCUT2D eigenvalue weighted by Crippen LogP contribution is -2.34. The molecule has 1 heterocycles. The minimum atomic E-state index is -0.164. The number of halogens is 1. The van der Waals surface area contributed by atoms with Gasteiger partial charge in [-0.05, 0) is 36.6 Å². The topological polar surface area (TPSA) is 29.3 Å². The van der Waals surface area contributed by atoms with Gasteiger partial charge < -0.3 is 5.73 Å². The number of fused-ring (bicyclic) bond motifs is 1. The van der Waals surface area contributed by atoms with Crippen LogP contribution in [-0.2, 0) is 6.54 Å². The van der Waals surface area contributed by atoms with Gasteiger partial charge in [0, 0.05) is 25.2 Å². The Morgan fingerprint density at radius 3 is 2.94 bits per heavy atom. The highest BCUT2D eigenvalue weighted by Gasteiger charge is 2.31. The first-order chi connectivity index (χ1) is 7.67. The zero-order valence-corrected chi connectivity index (χ0v) is 9.91. The van der Waals surface area contributed by atoms with Crippen molar-refractivity contribution >= 4 is 0 Å². The second kappa shape index (κ2) is 4.52. The van der Waals surface area contributed by atoms with Gasteiger partial charge in [0.1, 0.15) is 5.82 Å². The van der Waals surface area contributed by atoms with Crippen molar-refractivity contribution in [2.24, 2.45) is 5.73 Å². The van der Waals surface area contributed by atoms with Crippen LogP contribution in [0, 0.1) is 5.82 Å². The van der Waals surface area contributed by atoms with E-state index in [1.807, 2.05) is 6.07 Å². The van der Waals surface area contributed by atoms with E-state index in [0.717, 1.165) is 18.5 Å². The normalized spacial score (nSPS) is 22.1. The maximum Gasteiger partial charge on any atom is 0.123 e. The van der Waals surface area contributed by atoms with E-state index in [-0.39, 0.29) is 11.9 Å². The van der Waals surface area contributed by atoms with Gasteiger partial charge in [-0.15, -0.1) is 0 Å². The van der Waals surface area contributed by atoms with E-state index in [1.165, 1.54) is 11.6 Å². The van der Waals surface area contributed by atoms with Gasteiger partial charge in [-0.1, -0.05) is 13.0 Å². The van der Waals surface area contributed by atoms with E-state index in [4.69, 9.17) is 5.73 Å². The average Bonchev–Trinajstić information content (AvgIpc) is 2.65. The number of nitrogens with zero attached hydrogens (tertiary/aromatic N) is 1. The molecule has 0 spiro atoms. The first-order valence-corrected chi connectivity index (χ1v) is 5.91. The highest BCUT2D eigenvalue weighted by atomic mass is 19.1. The summed E-state index contributed by atoms with van der Waals surface area (Å²) in [5, 5.41) is 0. The molecule has 0 radical (unpaired) electrons. The Morgan fingerprint density at radius 1 is 1.56 bits per heavy atom. The van der Waals surface area contributed by atoms with Crippen LogP contribution < -0.4 is 5.73 Å². The van der Waals surface area contributed by atoms with Gasteiger partial charge in [0.2, 0.25) is 0 Å². The second-order valence-corrected chi connectivity index (χ2v) is 4.52. The SMILES string of the molecule is CCC(C)N1Cc2ccc(F)cc2C1CN. The molecule has 0 aliphatic carbocycles. The zero-order chi connectivity index (χ0) is 11.7. The molecule has 0 bridgehead atoms. The first-order valence-electron chi connectivity index (χ1n) is 5.91. The molecule has 2 rings (SSSR count). The predicted octanol–water partition coefficient (Wildman–Crippen LogP) is 2.44. The Morgan fingerprint density at radius 2 is 2.31 bits per heavy atom. The molecule has 0 aromatic heterocycles. The molecule has 0 fully saturated rings.